The molecular formula is C9H8F6O2S. The number of halogens is 6. The van der Waals surface area contributed by atoms with Gasteiger partial charge >= 0.3 is 12.4 Å². The van der Waals surface area contributed by atoms with E-state index in [4.69, 9.17) is 5.11 Å². The molecule has 0 amide bonds. The maximum absolute atomic E-state index is 12.3. The van der Waals surface area contributed by atoms with Crippen molar-refractivity contribution in [1.82, 2.24) is 0 Å². The molecule has 104 valence electrons. The average Bonchev–Trinajstić information content (AvgIpc) is 2.66. The van der Waals surface area contributed by atoms with Gasteiger partial charge in [0.1, 0.15) is 0 Å². The molecule has 9 heteroatoms. The summed E-state index contributed by atoms with van der Waals surface area (Å²) in [5.74, 6) is 0. The normalized spacial score (nSPS) is 15.8. The molecule has 0 aliphatic heterocycles. The molecule has 0 saturated carbocycles. The van der Waals surface area contributed by atoms with E-state index in [1.807, 2.05) is 0 Å². The number of aliphatic hydroxyl groups is 2. The minimum absolute atomic E-state index is 0.0816. The molecule has 1 rings (SSSR count). The minimum atomic E-state index is -5.91. The zero-order chi connectivity index (χ0) is 14.2. The Morgan fingerprint density at radius 2 is 1.61 bits per heavy atom. The third kappa shape index (κ3) is 2.78. The first-order valence-electron chi connectivity index (χ1n) is 4.56. The fourth-order valence-corrected chi connectivity index (χ4v) is 1.97. The Morgan fingerprint density at radius 3 is 1.94 bits per heavy atom. The van der Waals surface area contributed by atoms with Gasteiger partial charge < -0.3 is 10.2 Å². The van der Waals surface area contributed by atoms with Crippen LogP contribution >= 0.6 is 11.3 Å². The Kier molecular flexibility index (Phi) is 3.99. The van der Waals surface area contributed by atoms with Crippen LogP contribution in [0, 0.1) is 0 Å². The fraction of sp³-hybridized carbons (Fsp3) is 0.556. The van der Waals surface area contributed by atoms with Crippen molar-refractivity contribution in [2.45, 2.75) is 30.5 Å². The molecule has 0 unspecified atom stereocenters. The zero-order valence-electron chi connectivity index (χ0n) is 8.59. The fourth-order valence-electron chi connectivity index (χ4n) is 1.25. The van der Waals surface area contributed by atoms with Crippen LogP contribution in [0.4, 0.5) is 26.3 Å². The number of hydrogen-bond acceptors (Lipinski definition) is 3. The summed E-state index contributed by atoms with van der Waals surface area (Å²) < 4.78 is 73.9. The molecule has 0 aliphatic carbocycles. The first kappa shape index (κ1) is 15.3. The minimum Gasteiger partial charge on any atom is -0.387 e. The van der Waals surface area contributed by atoms with Crippen LogP contribution in [0.15, 0.2) is 17.5 Å². The van der Waals surface area contributed by atoms with E-state index in [2.05, 4.69) is 0 Å². The quantitative estimate of drug-likeness (QED) is 0.841. The van der Waals surface area contributed by atoms with Crippen LogP contribution in [0.25, 0.3) is 0 Å². The largest absolute Gasteiger partial charge is 0.426 e. The molecule has 2 N–H and O–H groups in total. The summed E-state index contributed by atoms with van der Waals surface area (Å²) in [5.41, 5.74) is -4.93. The first-order valence-corrected chi connectivity index (χ1v) is 5.44. The molecule has 0 saturated heterocycles. The Bertz CT molecular complexity index is 369. The van der Waals surface area contributed by atoms with E-state index in [1.165, 1.54) is 17.5 Å². The van der Waals surface area contributed by atoms with Crippen LogP contribution in [0.5, 0.6) is 0 Å². The lowest BCUT2D eigenvalue weighted by atomic mass is 9.94. The van der Waals surface area contributed by atoms with Gasteiger partial charge in [-0.3, -0.25) is 0 Å². The molecule has 0 bridgehead atoms. The second-order valence-corrected chi connectivity index (χ2v) is 4.57. The molecule has 0 fully saturated rings. The predicted molar refractivity (Wildman–Crippen MR) is 51.0 cm³/mol. The topological polar surface area (TPSA) is 40.5 Å². The number of thiophene rings is 1. The predicted octanol–water partition coefficient (Wildman–Crippen LogP) is 3.03. The second kappa shape index (κ2) is 4.71. The summed E-state index contributed by atoms with van der Waals surface area (Å²) in [6, 6.07) is 2.55. The van der Waals surface area contributed by atoms with Crippen LogP contribution in [0.2, 0.25) is 0 Å². The number of alkyl halides is 6. The van der Waals surface area contributed by atoms with E-state index in [1.54, 1.807) is 0 Å². The highest BCUT2D eigenvalue weighted by Crippen LogP contribution is 2.47. The van der Waals surface area contributed by atoms with Crippen molar-refractivity contribution < 1.29 is 36.6 Å². The van der Waals surface area contributed by atoms with E-state index in [0.717, 1.165) is 11.3 Å². The van der Waals surface area contributed by atoms with E-state index >= 15 is 0 Å². The van der Waals surface area contributed by atoms with Crippen molar-refractivity contribution >= 4 is 11.3 Å². The summed E-state index contributed by atoms with van der Waals surface area (Å²) >= 11 is 0.797. The number of hydrogen-bond donors (Lipinski definition) is 2. The van der Waals surface area contributed by atoms with Crippen LogP contribution < -0.4 is 0 Å². The van der Waals surface area contributed by atoms with Crippen molar-refractivity contribution in [2.24, 2.45) is 0 Å². The van der Waals surface area contributed by atoms with Gasteiger partial charge in [-0.15, -0.1) is 11.3 Å². The van der Waals surface area contributed by atoms with Gasteiger partial charge in [0.2, 0.25) is 0 Å². The molecule has 0 spiro atoms. The number of aliphatic hydroxyl groups excluding tert-OH is 1. The van der Waals surface area contributed by atoms with Gasteiger partial charge in [-0.1, -0.05) is 6.07 Å². The second-order valence-electron chi connectivity index (χ2n) is 3.59. The Balaban J connectivity index is 3.01. The molecule has 1 aromatic rings. The molecule has 0 aliphatic rings. The highest BCUT2D eigenvalue weighted by atomic mass is 32.1. The molecular weight excluding hydrogens is 286 g/mol. The maximum Gasteiger partial charge on any atom is 0.426 e. The molecule has 0 aromatic carbocycles. The summed E-state index contributed by atoms with van der Waals surface area (Å²) in [7, 11) is 0. The summed E-state index contributed by atoms with van der Waals surface area (Å²) in [6.07, 6.45) is -15.8. The van der Waals surface area contributed by atoms with E-state index < -0.39 is 30.5 Å². The van der Waals surface area contributed by atoms with E-state index in [-0.39, 0.29) is 4.88 Å². The maximum atomic E-state index is 12.3. The third-order valence-electron chi connectivity index (χ3n) is 2.30. The van der Waals surface area contributed by atoms with Gasteiger partial charge in [0, 0.05) is 11.3 Å². The third-order valence-corrected chi connectivity index (χ3v) is 3.27. The van der Waals surface area contributed by atoms with Crippen molar-refractivity contribution in [3.63, 3.8) is 0 Å². The standard InChI is InChI=1S/C9H8F6O2S/c10-8(11,12)7(17,9(13,14)15)4-5(16)6-2-1-3-18-6/h1-3,5,16-17H,4H2/t5-/m1/s1. The summed E-state index contributed by atoms with van der Waals surface area (Å²) in [5, 5.41) is 19.6. The molecule has 2 nitrogen and oxygen atoms in total. The lowest BCUT2D eigenvalue weighted by Gasteiger charge is -2.33. The lowest BCUT2D eigenvalue weighted by Crippen LogP contribution is -2.57. The Hall–Kier alpha value is -0.800. The van der Waals surface area contributed by atoms with E-state index in [9.17, 15) is 31.4 Å². The highest BCUT2D eigenvalue weighted by molar-refractivity contribution is 7.10. The molecule has 1 aromatic heterocycles. The highest BCUT2D eigenvalue weighted by Gasteiger charge is 2.70. The van der Waals surface area contributed by atoms with Crippen molar-refractivity contribution in [1.29, 1.82) is 0 Å². The van der Waals surface area contributed by atoms with Crippen LogP contribution in [0.3, 0.4) is 0 Å². The first-order chi connectivity index (χ1) is 7.99. The molecule has 0 radical (unpaired) electrons. The van der Waals surface area contributed by atoms with Crippen LogP contribution in [0.1, 0.15) is 17.4 Å². The van der Waals surface area contributed by atoms with Crippen molar-refractivity contribution in [3.05, 3.63) is 22.4 Å². The zero-order valence-corrected chi connectivity index (χ0v) is 9.40. The Morgan fingerprint density at radius 1 is 1.11 bits per heavy atom. The van der Waals surface area contributed by atoms with Crippen molar-refractivity contribution in [2.75, 3.05) is 0 Å². The number of rotatable bonds is 3. The van der Waals surface area contributed by atoms with Crippen LogP contribution in [-0.2, 0) is 0 Å². The SMILES string of the molecule is O[C@H](CC(O)(C(F)(F)F)C(F)(F)F)c1cccs1. The van der Waals surface area contributed by atoms with Crippen LogP contribution in [-0.4, -0.2) is 28.2 Å². The summed E-state index contributed by atoms with van der Waals surface area (Å²) in [4.78, 5) is -0.0816. The summed E-state index contributed by atoms with van der Waals surface area (Å²) in [6.45, 7) is 0. The smallest absolute Gasteiger partial charge is 0.387 e. The molecule has 1 heterocycles. The van der Waals surface area contributed by atoms with Gasteiger partial charge in [-0.25, -0.2) is 0 Å². The average molecular weight is 294 g/mol. The van der Waals surface area contributed by atoms with Gasteiger partial charge in [-0.05, 0) is 11.4 Å². The molecule has 1 atom stereocenters. The Labute approximate surface area is 101 Å². The van der Waals surface area contributed by atoms with Gasteiger partial charge in [-0.2, -0.15) is 26.3 Å². The van der Waals surface area contributed by atoms with Crippen molar-refractivity contribution in [3.8, 4) is 0 Å². The monoisotopic (exact) mass is 294 g/mol. The van der Waals surface area contributed by atoms with Gasteiger partial charge in [0.15, 0.2) is 0 Å². The van der Waals surface area contributed by atoms with E-state index in [0.29, 0.717) is 0 Å². The molecule has 18 heavy (non-hydrogen) atoms. The van der Waals surface area contributed by atoms with Gasteiger partial charge in [0.05, 0.1) is 6.10 Å². The van der Waals surface area contributed by atoms with Gasteiger partial charge in [0.25, 0.3) is 5.60 Å². The lowest BCUT2D eigenvalue weighted by molar-refractivity contribution is -0.374.